The lowest BCUT2D eigenvalue weighted by Gasteiger charge is -2.14. The van der Waals surface area contributed by atoms with Gasteiger partial charge in [0.15, 0.2) is 6.61 Å². The standard InChI is InChI=1S/C18H19FN2O5S/c1-12-4-3-5-15(10-12)20-17(22)11-26-18(23)13(2)21-27(24,25)16-8-6-14(19)7-9-16/h3-10,13,21H,11H2,1-2H3,(H,20,22)/t13-/m0/s1. The number of amides is 1. The molecule has 2 aromatic carbocycles. The summed E-state index contributed by atoms with van der Waals surface area (Å²) in [5, 5.41) is 2.57. The second-order valence-corrected chi connectivity index (χ2v) is 7.54. The number of benzene rings is 2. The molecule has 9 heteroatoms. The molecule has 0 saturated carbocycles. The van der Waals surface area contributed by atoms with Crippen LogP contribution in [-0.4, -0.2) is 32.9 Å². The van der Waals surface area contributed by atoms with E-state index < -0.39 is 40.4 Å². The Hall–Kier alpha value is -2.78. The van der Waals surface area contributed by atoms with Crippen molar-refractivity contribution in [1.82, 2.24) is 4.72 Å². The quantitative estimate of drug-likeness (QED) is 0.700. The van der Waals surface area contributed by atoms with E-state index in [4.69, 9.17) is 4.74 Å². The van der Waals surface area contributed by atoms with Gasteiger partial charge < -0.3 is 10.1 Å². The van der Waals surface area contributed by atoms with Crippen LogP contribution in [0, 0.1) is 12.7 Å². The van der Waals surface area contributed by atoms with E-state index in [9.17, 15) is 22.4 Å². The largest absolute Gasteiger partial charge is 0.454 e. The maximum absolute atomic E-state index is 12.9. The molecule has 0 heterocycles. The molecule has 0 aliphatic carbocycles. The Balaban J connectivity index is 1.87. The smallest absolute Gasteiger partial charge is 0.324 e. The summed E-state index contributed by atoms with van der Waals surface area (Å²) in [5.74, 6) is -2.05. The molecule has 2 N–H and O–H groups in total. The van der Waals surface area contributed by atoms with Gasteiger partial charge in [-0.3, -0.25) is 9.59 Å². The number of carbonyl (C=O) groups excluding carboxylic acids is 2. The first-order valence-electron chi connectivity index (χ1n) is 7.98. The zero-order valence-electron chi connectivity index (χ0n) is 14.7. The van der Waals surface area contributed by atoms with E-state index in [1.54, 1.807) is 18.2 Å². The summed E-state index contributed by atoms with van der Waals surface area (Å²) in [7, 11) is -4.03. The van der Waals surface area contributed by atoms with Gasteiger partial charge in [0, 0.05) is 5.69 Å². The van der Waals surface area contributed by atoms with Gasteiger partial charge in [0.05, 0.1) is 4.90 Å². The summed E-state index contributed by atoms with van der Waals surface area (Å²) in [6, 6.07) is 9.97. The monoisotopic (exact) mass is 394 g/mol. The number of rotatable bonds is 7. The van der Waals surface area contributed by atoms with Crippen LogP contribution in [0.1, 0.15) is 12.5 Å². The van der Waals surface area contributed by atoms with E-state index in [1.807, 2.05) is 13.0 Å². The van der Waals surface area contributed by atoms with Crippen LogP contribution in [0.2, 0.25) is 0 Å². The fourth-order valence-electron chi connectivity index (χ4n) is 2.14. The summed E-state index contributed by atoms with van der Waals surface area (Å²) in [6.07, 6.45) is 0. The van der Waals surface area contributed by atoms with E-state index >= 15 is 0 Å². The Kier molecular flexibility index (Phi) is 6.65. The van der Waals surface area contributed by atoms with Gasteiger partial charge >= 0.3 is 5.97 Å². The highest BCUT2D eigenvalue weighted by molar-refractivity contribution is 7.89. The lowest BCUT2D eigenvalue weighted by Crippen LogP contribution is -2.40. The van der Waals surface area contributed by atoms with Crippen molar-refractivity contribution in [3.05, 3.63) is 59.9 Å². The summed E-state index contributed by atoms with van der Waals surface area (Å²) in [6.45, 7) is 2.59. The van der Waals surface area contributed by atoms with Gasteiger partial charge in [-0.05, 0) is 55.8 Å². The van der Waals surface area contributed by atoms with Crippen LogP contribution >= 0.6 is 0 Å². The first-order chi connectivity index (χ1) is 12.7. The van der Waals surface area contributed by atoms with Crippen molar-refractivity contribution in [2.75, 3.05) is 11.9 Å². The maximum atomic E-state index is 12.9. The minimum absolute atomic E-state index is 0.194. The molecule has 1 atom stereocenters. The molecule has 0 unspecified atom stereocenters. The minimum atomic E-state index is -4.03. The molecule has 0 aliphatic rings. The molecule has 0 aliphatic heterocycles. The first-order valence-corrected chi connectivity index (χ1v) is 9.47. The van der Waals surface area contributed by atoms with Crippen molar-refractivity contribution in [3.63, 3.8) is 0 Å². The summed E-state index contributed by atoms with van der Waals surface area (Å²) >= 11 is 0. The Morgan fingerprint density at radius 3 is 2.44 bits per heavy atom. The summed E-state index contributed by atoms with van der Waals surface area (Å²) in [4.78, 5) is 23.6. The predicted molar refractivity (Wildman–Crippen MR) is 97.0 cm³/mol. The zero-order chi connectivity index (χ0) is 20.0. The number of halogens is 1. The normalized spacial score (nSPS) is 12.3. The van der Waals surface area contributed by atoms with E-state index in [2.05, 4.69) is 10.0 Å². The van der Waals surface area contributed by atoms with E-state index in [1.165, 1.54) is 6.92 Å². The molecule has 0 saturated heterocycles. The molecule has 144 valence electrons. The second-order valence-electron chi connectivity index (χ2n) is 5.82. The molecule has 0 fully saturated rings. The molecule has 2 rings (SSSR count). The van der Waals surface area contributed by atoms with E-state index in [0.29, 0.717) is 5.69 Å². The molecule has 27 heavy (non-hydrogen) atoms. The Morgan fingerprint density at radius 1 is 1.15 bits per heavy atom. The highest BCUT2D eigenvalue weighted by atomic mass is 32.2. The Bertz CT molecular complexity index is 929. The van der Waals surface area contributed by atoms with Crippen LogP contribution in [0.4, 0.5) is 10.1 Å². The van der Waals surface area contributed by atoms with Crippen molar-refractivity contribution >= 4 is 27.6 Å². The van der Waals surface area contributed by atoms with Crippen LogP contribution in [0.15, 0.2) is 53.4 Å². The van der Waals surface area contributed by atoms with Gasteiger partial charge in [-0.2, -0.15) is 4.72 Å². The highest BCUT2D eigenvalue weighted by Gasteiger charge is 2.23. The number of hydrogen-bond acceptors (Lipinski definition) is 5. The zero-order valence-corrected chi connectivity index (χ0v) is 15.5. The molecule has 1 amide bonds. The van der Waals surface area contributed by atoms with Crippen LogP contribution in [-0.2, 0) is 24.3 Å². The van der Waals surface area contributed by atoms with Gasteiger partial charge in [0.25, 0.3) is 5.91 Å². The average Bonchev–Trinajstić information content (AvgIpc) is 2.59. The van der Waals surface area contributed by atoms with E-state index in [0.717, 1.165) is 29.8 Å². The Morgan fingerprint density at radius 2 is 1.81 bits per heavy atom. The van der Waals surface area contributed by atoms with Gasteiger partial charge in [0.1, 0.15) is 11.9 Å². The second kappa shape index (κ2) is 8.74. The molecule has 0 radical (unpaired) electrons. The highest BCUT2D eigenvalue weighted by Crippen LogP contribution is 2.11. The molecule has 0 bridgehead atoms. The SMILES string of the molecule is Cc1cccc(NC(=O)COC(=O)[C@H](C)NS(=O)(=O)c2ccc(F)cc2)c1. The third-order valence-corrected chi connectivity index (χ3v) is 5.01. The van der Waals surface area contributed by atoms with Crippen molar-refractivity contribution in [2.45, 2.75) is 24.8 Å². The topological polar surface area (TPSA) is 102 Å². The molecule has 0 aromatic heterocycles. The third-order valence-electron chi connectivity index (χ3n) is 3.46. The molecule has 0 spiro atoms. The minimum Gasteiger partial charge on any atom is -0.454 e. The number of nitrogens with one attached hydrogen (secondary N) is 2. The van der Waals surface area contributed by atoms with Gasteiger partial charge in [-0.1, -0.05) is 12.1 Å². The fraction of sp³-hybridized carbons (Fsp3) is 0.222. The van der Waals surface area contributed by atoms with Crippen molar-refractivity contribution < 1.29 is 27.1 Å². The molecular formula is C18H19FN2O5S. The summed E-state index contributed by atoms with van der Waals surface area (Å²) < 4.78 is 44.1. The fourth-order valence-corrected chi connectivity index (χ4v) is 3.34. The van der Waals surface area contributed by atoms with Gasteiger partial charge in [0.2, 0.25) is 10.0 Å². The number of esters is 1. The Labute approximate surface area is 156 Å². The molecule has 7 nitrogen and oxygen atoms in total. The molecular weight excluding hydrogens is 375 g/mol. The van der Waals surface area contributed by atoms with E-state index in [-0.39, 0.29) is 4.90 Å². The van der Waals surface area contributed by atoms with Gasteiger partial charge in [-0.25, -0.2) is 12.8 Å². The van der Waals surface area contributed by atoms with Crippen molar-refractivity contribution in [1.29, 1.82) is 0 Å². The lowest BCUT2D eigenvalue weighted by molar-refractivity contribution is -0.148. The van der Waals surface area contributed by atoms with Gasteiger partial charge in [-0.15, -0.1) is 0 Å². The predicted octanol–water partition coefficient (Wildman–Crippen LogP) is 1.98. The average molecular weight is 394 g/mol. The van der Waals surface area contributed by atoms with Crippen LogP contribution in [0.3, 0.4) is 0 Å². The summed E-state index contributed by atoms with van der Waals surface area (Å²) in [5.41, 5.74) is 1.51. The van der Waals surface area contributed by atoms with Crippen LogP contribution in [0.25, 0.3) is 0 Å². The third kappa shape index (κ3) is 6.15. The number of aryl methyl sites for hydroxylation is 1. The van der Waals surface area contributed by atoms with Crippen molar-refractivity contribution in [3.8, 4) is 0 Å². The molecule has 2 aromatic rings. The van der Waals surface area contributed by atoms with Crippen LogP contribution < -0.4 is 10.0 Å². The number of hydrogen-bond donors (Lipinski definition) is 2. The maximum Gasteiger partial charge on any atom is 0.324 e. The number of anilines is 1. The number of carbonyl (C=O) groups is 2. The van der Waals surface area contributed by atoms with Crippen LogP contribution in [0.5, 0.6) is 0 Å². The first kappa shape index (κ1) is 20.5. The lowest BCUT2D eigenvalue weighted by atomic mass is 10.2. The number of ether oxygens (including phenoxy) is 1. The number of sulfonamides is 1. The van der Waals surface area contributed by atoms with Crippen molar-refractivity contribution in [2.24, 2.45) is 0 Å².